The van der Waals surface area contributed by atoms with E-state index in [9.17, 15) is 9.59 Å². The van der Waals surface area contributed by atoms with Crippen LogP contribution >= 0.6 is 0 Å². The maximum Gasteiger partial charge on any atom is 0.306 e. The molecule has 4 nitrogen and oxygen atoms in total. The van der Waals surface area contributed by atoms with E-state index < -0.39 is 6.10 Å². The molecule has 1 rings (SSSR count). The molecule has 0 aromatic heterocycles. The van der Waals surface area contributed by atoms with E-state index in [1.807, 2.05) is 6.07 Å². The summed E-state index contributed by atoms with van der Waals surface area (Å²) in [5.41, 5.74) is 0.649. The van der Waals surface area contributed by atoms with E-state index in [0.717, 1.165) is 6.42 Å². The Hall–Kier alpha value is -2.36. The Labute approximate surface area is 125 Å². The Morgan fingerprint density at radius 3 is 2.52 bits per heavy atom. The zero-order valence-corrected chi connectivity index (χ0v) is 12.1. The minimum atomic E-state index is -0.928. The molecule has 0 saturated carbocycles. The van der Waals surface area contributed by atoms with Gasteiger partial charge in [0, 0.05) is 18.5 Å². The summed E-state index contributed by atoms with van der Waals surface area (Å²) in [6.45, 7) is 7.48. The Morgan fingerprint density at radius 2 is 1.90 bits per heavy atom. The smallest absolute Gasteiger partial charge is 0.306 e. The predicted octanol–water partition coefficient (Wildman–Crippen LogP) is 2.93. The molecule has 0 fully saturated rings. The van der Waals surface area contributed by atoms with Gasteiger partial charge >= 0.3 is 5.97 Å². The van der Waals surface area contributed by atoms with Gasteiger partial charge in [0.25, 0.3) is 5.91 Å². The molecule has 21 heavy (non-hydrogen) atoms. The van der Waals surface area contributed by atoms with Crippen molar-refractivity contribution in [3.05, 3.63) is 61.2 Å². The molecule has 4 heteroatoms. The topological polar surface area (TPSA) is 55.4 Å². The number of hydrogen-bond acceptors (Lipinski definition) is 3. The lowest BCUT2D eigenvalue weighted by Gasteiger charge is -2.17. The molecule has 0 aliphatic carbocycles. The molecule has 1 unspecified atom stereocenters. The second kappa shape index (κ2) is 9.53. The summed E-state index contributed by atoms with van der Waals surface area (Å²) >= 11 is 0. The van der Waals surface area contributed by atoms with Crippen molar-refractivity contribution >= 4 is 11.9 Å². The second-order valence-electron chi connectivity index (χ2n) is 4.50. The highest BCUT2D eigenvalue weighted by Gasteiger charge is 2.24. The van der Waals surface area contributed by atoms with E-state index in [4.69, 9.17) is 4.74 Å². The van der Waals surface area contributed by atoms with E-state index in [2.05, 4.69) is 18.5 Å². The number of unbranched alkanes of at least 4 members (excludes halogenated alkanes) is 1. The first kappa shape index (κ1) is 16.7. The average Bonchev–Trinajstić information content (AvgIpc) is 2.51. The molecule has 0 spiro atoms. The van der Waals surface area contributed by atoms with Crippen molar-refractivity contribution in [1.82, 2.24) is 5.32 Å². The number of esters is 1. The summed E-state index contributed by atoms with van der Waals surface area (Å²) in [7, 11) is 0. The Morgan fingerprint density at radius 1 is 1.19 bits per heavy atom. The summed E-state index contributed by atoms with van der Waals surface area (Å²) in [5.74, 6) is -0.738. The SMILES string of the molecule is C=CCCCC(=O)OC(C(=O)NCC=C)c1ccccc1. The number of ether oxygens (including phenoxy) is 1. The minimum absolute atomic E-state index is 0.268. The molecule has 1 atom stereocenters. The fraction of sp³-hybridized carbons (Fsp3) is 0.294. The van der Waals surface area contributed by atoms with Gasteiger partial charge in [-0.3, -0.25) is 9.59 Å². The number of benzene rings is 1. The number of nitrogens with one attached hydrogen (secondary N) is 1. The van der Waals surface area contributed by atoms with Crippen molar-refractivity contribution in [2.24, 2.45) is 0 Å². The van der Waals surface area contributed by atoms with Gasteiger partial charge in [0.05, 0.1) is 0 Å². The molecule has 0 bridgehead atoms. The van der Waals surface area contributed by atoms with Gasteiger partial charge in [0.15, 0.2) is 0 Å². The van der Waals surface area contributed by atoms with Crippen molar-refractivity contribution in [3.8, 4) is 0 Å². The van der Waals surface area contributed by atoms with Gasteiger partial charge < -0.3 is 10.1 Å². The van der Waals surface area contributed by atoms with Crippen molar-refractivity contribution < 1.29 is 14.3 Å². The third-order valence-electron chi connectivity index (χ3n) is 2.80. The van der Waals surface area contributed by atoms with Gasteiger partial charge in [-0.25, -0.2) is 0 Å². The molecule has 1 aromatic carbocycles. The van der Waals surface area contributed by atoms with Crippen molar-refractivity contribution in [2.75, 3.05) is 6.54 Å². The first-order valence-electron chi connectivity index (χ1n) is 6.93. The minimum Gasteiger partial charge on any atom is -0.447 e. The van der Waals surface area contributed by atoms with Crippen LogP contribution in [0.25, 0.3) is 0 Å². The Bertz CT molecular complexity index is 482. The first-order valence-corrected chi connectivity index (χ1v) is 6.93. The standard InChI is InChI=1S/C17H21NO3/c1-3-5-7-12-15(19)21-16(17(20)18-13-4-2)14-10-8-6-9-11-14/h3-4,6,8-11,16H,1-2,5,7,12-13H2,(H,18,20). The number of carbonyl (C=O) groups is 2. The van der Waals surface area contributed by atoms with Crippen LogP contribution in [0.2, 0.25) is 0 Å². The van der Waals surface area contributed by atoms with Crippen LogP contribution in [-0.4, -0.2) is 18.4 Å². The zero-order chi connectivity index (χ0) is 15.5. The molecule has 1 amide bonds. The summed E-state index contributed by atoms with van der Waals surface area (Å²) < 4.78 is 5.32. The lowest BCUT2D eigenvalue weighted by Crippen LogP contribution is -2.32. The second-order valence-corrected chi connectivity index (χ2v) is 4.50. The maximum absolute atomic E-state index is 12.1. The highest BCUT2D eigenvalue weighted by molar-refractivity contribution is 5.85. The molecule has 1 N–H and O–H groups in total. The Balaban J connectivity index is 2.72. The van der Waals surface area contributed by atoms with Crippen LogP contribution in [0.1, 0.15) is 30.9 Å². The van der Waals surface area contributed by atoms with Crippen LogP contribution in [-0.2, 0) is 14.3 Å². The molecule has 0 aliphatic rings. The van der Waals surface area contributed by atoms with E-state index in [1.165, 1.54) is 0 Å². The summed E-state index contributed by atoms with van der Waals surface area (Å²) in [6, 6.07) is 8.96. The average molecular weight is 287 g/mol. The zero-order valence-electron chi connectivity index (χ0n) is 12.1. The number of allylic oxidation sites excluding steroid dienone is 1. The van der Waals surface area contributed by atoms with E-state index >= 15 is 0 Å². The molecular formula is C17H21NO3. The lowest BCUT2D eigenvalue weighted by atomic mass is 10.1. The maximum atomic E-state index is 12.1. The predicted molar refractivity (Wildman–Crippen MR) is 82.5 cm³/mol. The van der Waals surface area contributed by atoms with Gasteiger partial charge in [-0.05, 0) is 12.8 Å². The first-order chi connectivity index (χ1) is 10.2. The molecule has 0 saturated heterocycles. The molecule has 0 heterocycles. The van der Waals surface area contributed by atoms with Crippen LogP contribution in [0.5, 0.6) is 0 Å². The molecule has 1 aromatic rings. The highest BCUT2D eigenvalue weighted by atomic mass is 16.5. The number of hydrogen-bond donors (Lipinski definition) is 1. The van der Waals surface area contributed by atoms with Crippen LogP contribution in [0, 0.1) is 0 Å². The third-order valence-corrected chi connectivity index (χ3v) is 2.80. The molecule has 0 aliphatic heterocycles. The van der Waals surface area contributed by atoms with Crippen LogP contribution < -0.4 is 5.32 Å². The van der Waals surface area contributed by atoms with Gasteiger partial charge in [0.1, 0.15) is 0 Å². The number of carbonyl (C=O) groups excluding carboxylic acids is 2. The van der Waals surface area contributed by atoms with Crippen LogP contribution in [0.3, 0.4) is 0 Å². The van der Waals surface area contributed by atoms with Crippen molar-refractivity contribution in [2.45, 2.75) is 25.4 Å². The number of amides is 1. The molecule has 0 radical (unpaired) electrons. The summed E-state index contributed by atoms with van der Waals surface area (Å²) in [5, 5.41) is 2.65. The summed E-state index contributed by atoms with van der Waals surface area (Å²) in [4.78, 5) is 23.9. The monoisotopic (exact) mass is 287 g/mol. The molecule has 112 valence electrons. The van der Waals surface area contributed by atoms with E-state index in [0.29, 0.717) is 18.5 Å². The van der Waals surface area contributed by atoms with Crippen LogP contribution in [0.4, 0.5) is 0 Å². The van der Waals surface area contributed by atoms with Crippen LogP contribution in [0.15, 0.2) is 55.6 Å². The summed E-state index contributed by atoms with van der Waals surface area (Å²) in [6.07, 6.45) is 4.07. The van der Waals surface area contributed by atoms with Crippen molar-refractivity contribution in [1.29, 1.82) is 0 Å². The largest absolute Gasteiger partial charge is 0.447 e. The number of rotatable bonds is 9. The van der Waals surface area contributed by atoms with E-state index in [1.54, 1.807) is 36.4 Å². The van der Waals surface area contributed by atoms with Crippen molar-refractivity contribution in [3.63, 3.8) is 0 Å². The third kappa shape index (κ3) is 6.08. The van der Waals surface area contributed by atoms with Gasteiger partial charge in [-0.15, -0.1) is 13.2 Å². The fourth-order valence-electron chi connectivity index (χ4n) is 1.75. The normalized spacial score (nSPS) is 11.2. The highest BCUT2D eigenvalue weighted by Crippen LogP contribution is 2.18. The van der Waals surface area contributed by atoms with Gasteiger partial charge in [0.2, 0.25) is 6.10 Å². The molecular weight excluding hydrogens is 266 g/mol. The van der Waals surface area contributed by atoms with E-state index in [-0.39, 0.29) is 18.3 Å². The fourth-order valence-corrected chi connectivity index (χ4v) is 1.75. The Kier molecular flexibility index (Phi) is 7.58. The van der Waals surface area contributed by atoms with Gasteiger partial charge in [-0.1, -0.05) is 42.5 Å². The lowest BCUT2D eigenvalue weighted by molar-refractivity contribution is -0.156. The quantitative estimate of drug-likeness (QED) is 0.431. The van der Waals surface area contributed by atoms with Gasteiger partial charge in [-0.2, -0.15) is 0 Å².